The van der Waals surface area contributed by atoms with Crippen LogP contribution in [0.1, 0.15) is 12.5 Å². The lowest BCUT2D eigenvalue weighted by molar-refractivity contribution is -0.142. The number of benzene rings is 2. The van der Waals surface area contributed by atoms with E-state index in [-0.39, 0.29) is 23.1 Å². The van der Waals surface area contributed by atoms with Gasteiger partial charge in [0.25, 0.3) is 5.56 Å². The first-order chi connectivity index (χ1) is 14.4. The Morgan fingerprint density at radius 2 is 2.00 bits per heavy atom. The number of aromatic amines is 1. The second-order valence-electron chi connectivity index (χ2n) is 5.97. The van der Waals surface area contributed by atoms with Gasteiger partial charge in [-0.25, -0.2) is 9.59 Å². The summed E-state index contributed by atoms with van der Waals surface area (Å²) in [5.74, 6) is -0.133. The standard InChI is InChI=1S/C20H18ClN3O6/c1-3-29-16-9-12(8-14(21)18(16)30-11-17(25)28-2)10-22-24-19(26)13-6-4-5-7-15(13)23-20(24)27/h4-10H,3,11H2,1-2H3,(H,23,27). The maximum atomic E-state index is 12.6. The molecule has 30 heavy (non-hydrogen) atoms. The van der Waals surface area contributed by atoms with Crippen LogP contribution >= 0.6 is 11.6 Å². The van der Waals surface area contributed by atoms with Gasteiger partial charge in [0, 0.05) is 0 Å². The maximum absolute atomic E-state index is 12.6. The molecule has 0 fully saturated rings. The monoisotopic (exact) mass is 431 g/mol. The summed E-state index contributed by atoms with van der Waals surface area (Å²) in [4.78, 5) is 38.7. The van der Waals surface area contributed by atoms with Crippen molar-refractivity contribution in [2.75, 3.05) is 20.3 Å². The molecule has 0 atom stereocenters. The Hall–Kier alpha value is -3.59. The molecule has 156 valence electrons. The SMILES string of the molecule is CCOc1cc(C=Nn2c(=O)[nH]c3ccccc3c2=O)cc(Cl)c1OCC(=O)OC. The van der Waals surface area contributed by atoms with Crippen LogP contribution in [0.4, 0.5) is 0 Å². The van der Waals surface area contributed by atoms with Crippen LogP contribution in [0.15, 0.2) is 51.1 Å². The van der Waals surface area contributed by atoms with Gasteiger partial charge in [-0.1, -0.05) is 23.7 Å². The summed E-state index contributed by atoms with van der Waals surface area (Å²) in [7, 11) is 1.24. The summed E-state index contributed by atoms with van der Waals surface area (Å²) < 4.78 is 16.2. The highest BCUT2D eigenvalue weighted by Gasteiger charge is 2.14. The van der Waals surface area contributed by atoms with Gasteiger partial charge in [-0.15, -0.1) is 4.68 Å². The van der Waals surface area contributed by atoms with Crippen molar-refractivity contribution < 1.29 is 19.0 Å². The van der Waals surface area contributed by atoms with E-state index in [0.717, 1.165) is 4.68 Å². The number of para-hydroxylation sites is 1. The molecule has 9 nitrogen and oxygen atoms in total. The molecule has 0 aliphatic carbocycles. The minimum Gasteiger partial charge on any atom is -0.490 e. The number of fused-ring (bicyclic) bond motifs is 1. The minimum absolute atomic E-state index is 0.158. The van der Waals surface area contributed by atoms with Crippen molar-refractivity contribution in [1.82, 2.24) is 9.66 Å². The number of aromatic nitrogens is 2. The Morgan fingerprint density at radius 1 is 1.23 bits per heavy atom. The first kappa shape index (κ1) is 21.1. The van der Waals surface area contributed by atoms with E-state index < -0.39 is 17.2 Å². The Morgan fingerprint density at radius 3 is 2.73 bits per heavy atom. The molecule has 0 aliphatic heterocycles. The first-order valence-electron chi connectivity index (χ1n) is 8.89. The van der Waals surface area contributed by atoms with Gasteiger partial charge < -0.3 is 19.2 Å². The molecule has 0 spiro atoms. The number of hydrogen-bond donors (Lipinski definition) is 1. The van der Waals surface area contributed by atoms with Crippen LogP contribution in [0.2, 0.25) is 5.02 Å². The second kappa shape index (κ2) is 9.27. The zero-order valence-electron chi connectivity index (χ0n) is 16.2. The first-order valence-corrected chi connectivity index (χ1v) is 9.26. The number of halogens is 1. The molecule has 0 radical (unpaired) electrons. The van der Waals surface area contributed by atoms with Crippen molar-refractivity contribution in [3.8, 4) is 11.5 Å². The molecule has 1 N–H and O–H groups in total. The molecule has 1 aromatic heterocycles. The predicted octanol–water partition coefficient (Wildman–Crippen LogP) is 2.18. The number of ether oxygens (including phenoxy) is 3. The van der Waals surface area contributed by atoms with E-state index in [9.17, 15) is 14.4 Å². The molecule has 3 aromatic rings. The maximum Gasteiger partial charge on any atom is 0.349 e. The number of rotatable bonds is 7. The van der Waals surface area contributed by atoms with Crippen LogP contribution in [0, 0.1) is 0 Å². The third-order valence-corrected chi connectivity index (χ3v) is 4.28. The quantitative estimate of drug-likeness (QED) is 0.453. The van der Waals surface area contributed by atoms with Crippen molar-refractivity contribution >= 4 is 34.7 Å². The number of nitrogens with one attached hydrogen (secondary N) is 1. The van der Waals surface area contributed by atoms with E-state index in [4.69, 9.17) is 21.1 Å². The number of esters is 1. The highest BCUT2D eigenvalue weighted by atomic mass is 35.5. The van der Waals surface area contributed by atoms with E-state index >= 15 is 0 Å². The largest absolute Gasteiger partial charge is 0.490 e. The van der Waals surface area contributed by atoms with Crippen molar-refractivity contribution in [2.24, 2.45) is 5.10 Å². The van der Waals surface area contributed by atoms with Crippen LogP contribution in [-0.2, 0) is 9.53 Å². The number of carbonyl (C=O) groups excluding carboxylic acids is 1. The summed E-state index contributed by atoms with van der Waals surface area (Å²) in [5, 5.41) is 4.48. The van der Waals surface area contributed by atoms with Gasteiger partial charge in [0.05, 0.1) is 35.9 Å². The molecular weight excluding hydrogens is 414 g/mol. The summed E-state index contributed by atoms with van der Waals surface area (Å²) in [6.45, 7) is 1.74. The molecule has 0 bridgehead atoms. The molecule has 0 saturated heterocycles. The molecule has 2 aromatic carbocycles. The zero-order chi connectivity index (χ0) is 21.7. The molecule has 10 heteroatoms. The van der Waals surface area contributed by atoms with Crippen molar-refractivity contribution in [3.05, 3.63) is 67.8 Å². The summed E-state index contributed by atoms with van der Waals surface area (Å²) >= 11 is 6.26. The number of hydrogen-bond acceptors (Lipinski definition) is 7. The normalized spacial score (nSPS) is 11.0. The van der Waals surface area contributed by atoms with E-state index in [1.54, 1.807) is 37.3 Å². The van der Waals surface area contributed by atoms with Crippen LogP contribution in [-0.4, -0.2) is 42.2 Å². The van der Waals surface area contributed by atoms with Gasteiger partial charge in [-0.3, -0.25) is 4.79 Å². The van der Waals surface area contributed by atoms with E-state index in [2.05, 4.69) is 14.8 Å². The van der Waals surface area contributed by atoms with Crippen LogP contribution in [0.25, 0.3) is 10.9 Å². The minimum atomic E-state index is -0.677. The topological polar surface area (TPSA) is 112 Å². The highest BCUT2D eigenvalue weighted by molar-refractivity contribution is 6.32. The number of nitrogens with zero attached hydrogens (tertiary/aromatic N) is 2. The van der Waals surface area contributed by atoms with Crippen molar-refractivity contribution in [1.29, 1.82) is 0 Å². The van der Waals surface area contributed by atoms with Gasteiger partial charge in [0.2, 0.25) is 0 Å². The predicted molar refractivity (Wildman–Crippen MR) is 112 cm³/mol. The Kier molecular flexibility index (Phi) is 6.53. The van der Waals surface area contributed by atoms with Gasteiger partial charge in [0.15, 0.2) is 18.1 Å². The van der Waals surface area contributed by atoms with E-state index in [0.29, 0.717) is 23.1 Å². The molecule has 1 heterocycles. The average Bonchev–Trinajstić information content (AvgIpc) is 2.73. The fraction of sp³-hybridized carbons (Fsp3) is 0.200. The second-order valence-corrected chi connectivity index (χ2v) is 6.37. The molecule has 0 unspecified atom stereocenters. The lowest BCUT2D eigenvalue weighted by Crippen LogP contribution is -2.32. The fourth-order valence-electron chi connectivity index (χ4n) is 2.64. The van der Waals surface area contributed by atoms with Gasteiger partial charge >= 0.3 is 11.7 Å². The Bertz CT molecular complexity index is 1230. The zero-order valence-corrected chi connectivity index (χ0v) is 16.9. The highest BCUT2D eigenvalue weighted by Crippen LogP contribution is 2.36. The molecule has 0 amide bonds. The fourth-order valence-corrected chi connectivity index (χ4v) is 2.91. The van der Waals surface area contributed by atoms with E-state index in [1.807, 2.05) is 0 Å². The third-order valence-electron chi connectivity index (χ3n) is 4.00. The number of H-pyrrole nitrogens is 1. The van der Waals surface area contributed by atoms with Gasteiger partial charge in [-0.05, 0) is 36.8 Å². The summed E-state index contributed by atoms with van der Waals surface area (Å²) in [5.41, 5.74) is -0.357. The smallest absolute Gasteiger partial charge is 0.349 e. The Labute approximate surface area is 175 Å². The number of carbonyl (C=O) groups is 1. The summed E-state index contributed by atoms with van der Waals surface area (Å²) in [6.07, 6.45) is 1.30. The van der Waals surface area contributed by atoms with Crippen LogP contribution in [0.3, 0.4) is 0 Å². The van der Waals surface area contributed by atoms with Crippen LogP contribution in [0.5, 0.6) is 11.5 Å². The average molecular weight is 432 g/mol. The third kappa shape index (κ3) is 4.52. The molecular formula is C20H18ClN3O6. The Balaban J connectivity index is 1.98. The van der Waals surface area contributed by atoms with E-state index in [1.165, 1.54) is 19.4 Å². The summed E-state index contributed by atoms with van der Waals surface area (Å²) in [6, 6.07) is 9.69. The van der Waals surface area contributed by atoms with Gasteiger partial charge in [0.1, 0.15) is 0 Å². The molecule has 0 saturated carbocycles. The number of methoxy groups -OCH3 is 1. The lowest BCUT2D eigenvalue weighted by Gasteiger charge is -2.13. The van der Waals surface area contributed by atoms with Crippen molar-refractivity contribution in [3.63, 3.8) is 0 Å². The van der Waals surface area contributed by atoms with Crippen molar-refractivity contribution in [2.45, 2.75) is 6.92 Å². The lowest BCUT2D eigenvalue weighted by atomic mass is 10.2. The van der Waals surface area contributed by atoms with Gasteiger partial charge in [-0.2, -0.15) is 5.10 Å². The molecule has 0 aliphatic rings. The molecule has 3 rings (SSSR count). The van der Waals surface area contributed by atoms with Crippen LogP contribution < -0.4 is 20.7 Å².